The van der Waals surface area contributed by atoms with Crippen LogP contribution >= 0.6 is 0 Å². The standard InChI is InChI=1S/C57H68B2N2O5/c1-54(2)55(3,4)64-58(63-54)50-23-14-12-19-46(50)39-60(37-41-25-32-48(62-9)33-26-41)35-16-10-11-17-36-61(40-47-20-13-15-24-51(47)59-65-56(5,6)57(7,8)66-59)38-45-30-29-44-28-27-42-21-18-22-43-31-34-49(45)53(44)52(42)43/h12-15,18-34H,10-11,16-17,35-40H2,1-9H3. The van der Waals surface area contributed by atoms with Crippen LogP contribution in [0.5, 0.6) is 5.75 Å². The Hall–Kier alpha value is -4.73. The van der Waals surface area contributed by atoms with Gasteiger partial charge in [0.15, 0.2) is 0 Å². The van der Waals surface area contributed by atoms with E-state index in [4.69, 9.17) is 23.4 Å². The van der Waals surface area contributed by atoms with Gasteiger partial charge in [-0.1, -0.05) is 128 Å². The molecular formula is C57H68B2N2O5. The van der Waals surface area contributed by atoms with E-state index in [0.29, 0.717) is 0 Å². The fraction of sp³-hybridized carbons (Fsp3) is 0.404. The first-order valence-electron chi connectivity index (χ1n) is 24.2. The third-order valence-corrected chi connectivity index (χ3v) is 15.2. The molecule has 2 fully saturated rings. The molecule has 0 radical (unpaired) electrons. The van der Waals surface area contributed by atoms with E-state index in [1.54, 1.807) is 7.11 Å². The molecule has 9 rings (SSSR count). The second kappa shape index (κ2) is 18.7. The van der Waals surface area contributed by atoms with Gasteiger partial charge in [-0.05, 0) is 159 Å². The molecule has 2 saturated heterocycles. The minimum absolute atomic E-state index is 0.401. The summed E-state index contributed by atoms with van der Waals surface area (Å²) < 4.78 is 31.9. The van der Waals surface area contributed by atoms with Gasteiger partial charge in [-0.25, -0.2) is 0 Å². The van der Waals surface area contributed by atoms with Crippen LogP contribution in [-0.4, -0.2) is 66.6 Å². The lowest BCUT2D eigenvalue weighted by Gasteiger charge is -2.32. The Morgan fingerprint density at radius 2 is 0.864 bits per heavy atom. The molecule has 7 aromatic rings. The maximum absolute atomic E-state index is 6.63. The summed E-state index contributed by atoms with van der Waals surface area (Å²) in [6.45, 7) is 22.3. The van der Waals surface area contributed by atoms with Gasteiger partial charge in [0.1, 0.15) is 5.75 Å². The van der Waals surface area contributed by atoms with Crippen LogP contribution in [0.1, 0.15) is 103 Å². The Balaban J connectivity index is 0.918. The van der Waals surface area contributed by atoms with Gasteiger partial charge in [0.25, 0.3) is 0 Å². The first kappa shape index (κ1) is 46.4. The zero-order chi connectivity index (χ0) is 46.3. The molecule has 0 aliphatic carbocycles. The second-order valence-electron chi connectivity index (χ2n) is 20.8. The van der Waals surface area contributed by atoms with Crippen molar-refractivity contribution in [1.82, 2.24) is 9.80 Å². The molecule has 0 unspecified atom stereocenters. The topological polar surface area (TPSA) is 52.6 Å². The van der Waals surface area contributed by atoms with E-state index in [0.717, 1.165) is 81.6 Å². The summed E-state index contributed by atoms with van der Waals surface area (Å²) in [5.74, 6) is 0.876. The number of unbranched alkanes of at least 4 members (excludes halogenated alkanes) is 3. The number of methoxy groups -OCH3 is 1. The normalized spacial score (nSPS) is 17.6. The van der Waals surface area contributed by atoms with Crippen LogP contribution < -0.4 is 15.7 Å². The number of hydrogen-bond donors (Lipinski definition) is 0. The Kier molecular flexibility index (Phi) is 13.2. The van der Waals surface area contributed by atoms with E-state index in [-0.39, 0.29) is 0 Å². The van der Waals surface area contributed by atoms with Crippen molar-refractivity contribution in [2.45, 2.75) is 130 Å². The molecule has 7 nitrogen and oxygen atoms in total. The maximum Gasteiger partial charge on any atom is 0.495 e. The van der Waals surface area contributed by atoms with Crippen LogP contribution in [0.4, 0.5) is 0 Å². The molecule has 66 heavy (non-hydrogen) atoms. The summed E-state index contributed by atoms with van der Waals surface area (Å²) in [6, 6.07) is 46.4. The van der Waals surface area contributed by atoms with Crippen LogP contribution in [0.2, 0.25) is 0 Å². The van der Waals surface area contributed by atoms with E-state index in [1.807, 2.05) is 0 Å². The number of ether oxygens (including phenoxy) is 1. The van der Waals surface area contributed by atoms with Gasteiger partial charge in [0, 0.05) is 26.2 Å². The van der Waals surface area contributed by atoms with Gasteiger partial charge >= 0.3 is 14.2 Å². The summed E-state index contributed by atoms with van der Waals surface area (Å²) >= 11 is 0. The van der Waals surface area contributed by atoms with Gasteiger partial charge in [0.05, 0.1) is 29.5 Å². The fourth-order valence-electron chi connectivity index (χ4n) is 9.85. The van der Waals surface area contributed by atoms with Crippen LogP contribution in [0.3, 0.4) is 0 Å². The number of hydrogen-bond acceptors (Lipinski definition) is 7. The summed E-state index contributed by atoms with van der Waals surface area (Å²) in [5.41, 5.74) is 5.74. The molecule has 2 aliphatic rings. The summed E-state index contributed by atoms with van der Waals surface area (Å²) in [4.78, 5) is 5.23. The lowest BCUT2D eigenvalue weighted by molar-refractivity contribution is 0.00578. The van der Waals surface area contributed by atoms with Crippen molar-refractivity contribution in [2.24, 2.45) is 0 Å². The van der Waals surface area contributed by atoms with Gasteiger partial charge < -0.3 is 23.4 Å². The lowest BCUT2D eigenvalue weighted by Crippen LogP contribution is -2.41. The van der Waals surface area contributed by atoms with Crippen molar-refractivity contribution in [3.8, 4) is 5.75 Å². The first-order chi connectivity index (χ1) is 31.6. The number of rotatable bonds is 18. The van der Waals surface area contributed by atoms with Gasteiger partial charge in [-0.3, -0.25) is 9.80 Å². The van der Waals surface area contributed by atoms with E-state index >= 15 is 0 Å². The van der Waals surface area contributed by atoms with Crippen LogP contribution in [0.25, 0.3) is 32.3 Å². The van der Waals surface area contributed by atoms with Gasteiger partial charge in [-0.15, -0.1) is 0 Å². The molecule has 2 aliphatic heterocycles. The minimum Gasteiger partial charge on any atom is -0.497 e. The zero-order valence-corrected chi connectivity index (χ0v) is 40.8. The number of benzene rings is 7. The molecule has 9 heteroatoms. The van der Waals surface area contributed by atoms with Gasteiger partial charge in [0.2, 0.25) is 0 Å². The zero-order valence-electron chi connectivity index (χ0n) is 40.8. The average molecular weight is 883 g/mol. The highest BCUT2D eigenvalue weighted by Gasteiger charge is 2.53. The summed E-state index contributed by atoms with van der Waals surface area (Å²) in [5, 5.41) is 7.98. The van der Waals surface area contributed by atoms with Crippen molar-refractivity contribution < 1.29 is 23.4 Å². The largest absolute Gasteiger partial charge is 0.497 e. The van der Waals surface area contributed by atoms with Crippen molar-refractivity contribution >= 4 is 57.5 Å². The highest BCUT2D eigenvalue weighted by Crippen LogP contribution is 2.39. The van der Waals surface area contributed by atoms with E-state index < -0.39 is 36.6 Å². The molecule has 0 spiro atoms. The predicted molar refractivity (Wildman–Crippen MR) is 274 cm³/mol. The molecule has 0 saturated carbocycles. The molecule has 2 heterocycles. The Bertz CT molecular complexity index is 2720. The highest BCUT2D eigenvalue weighted by atomic mass is 16.7. The minimum atomic E-state index is -0.410. The SMILES string of the molecule is COc1ccc(CN(CCCCCCN(Cc2ccccc2B2OC(C)(C)C(C)(C)O2)Cc2ccc3ccc4cccc5ccc2c3c45)Cc2ccccc2B2OC(C)(C)C(C)(C)O2)cc1. The van der Waals surface area contributed by atoms with Crippen LogP contribution in [0.15, 0.2) is 127 Å². The van der Waals surface area contributed by atoms with Crippen LogP contribution in [0, 0.1) is 0 Å². The Morgan fingerprint density at radius 1 is 0.424 bits per heavy atom. The Morgan fingerprint density at radius 3 is 1.38 bits per heavy atom. The first-order valence-corrected chi connectivity index (χ1v) is 24.2. The Labute approximate surface area is 394 Å². The molecular weight excluding hydrogens is 814 g/mol. The van der Waals surface area contributed by atoms with Crippen molar-refractivity contribution in [3.63, 3.8) is 0 Å². The molecule has 342 valence electrons. The third kappa shape index (κ3) is 9.54. The van der Waals surface area contributed by atoms with E-state index in [2.05, 4.69) is 193 Å². The number of nitrogens with zero attached hydrogens (tertiary/aromatic N) is 2. The molecule has 0 aromatic heterocycles. The monoisotopic (exact) mass is 883 g/mol. The van der Waals surface area contributed by atoms with Gasteiger partial charge in [-0.2, -0.15) is 0 Å². The lowest BCUT2D eigenvalue weighted by atomic mass is 9.76. The molecule has 0 amide bonds. The average Bonchev–Trinajstić information content (AvgIpc) is 3.66. The van der Waals surface area contributed by atoms with Crippen molar-refractivity contribution in [3.05, 3.63) is 150 Å². The second-order valence-corrected chi connectivity index (χ2v) is 20.8. The fourth-order valence-corrected chi connectivity index (χ4v) is 9.85. The summed E-state index contributed by atoms with van der Waals surface area (Å²) in [7, 11) is 0.912. The predicted octanol–water partition coefficient (Wildman–Crippen LogP) is 11.5. The third-order valence-electron chi connectivity index (χ3n) is 15.2. The van der Waals surface area contributed by atoms with Crippen molar-refractivity contribution in [2.75, 3.05) is 20.2 Å². The van der Waals surface area contributed by atoms with Crippen molar-refractivity contribution in [1.29, 1.82) is 0 Å². The molecule has 0 atom stereocenters. The molecule has 0 N–H and O–H groups in total. The quantitative estimate of drug-likeness (QED) is 0.0483. The highest BCUT2D eigenvalue weighted by molar-refractivity contribution is 6.63. The van der Waals surface area contributed by atoms with E-state index in [9.17, 15) is 0 Å². The summed E-state index contributed by atoms with van der Waals surface area (Å²) in [6.07, 6.45) is 4.51. The molecule has 7 aromatic carbocycles. The maximum atomic E-state index is 6.63. The molecule has 0 bridgehead atoms. The van der Waals surface area contributed by atoms with Crippen LogP contribution in [-0.2, 0) is 44.8 Å². The van der Waals surface area contributed by atoms with E-state index in [1.165, 1.54) is 54.6 Å². The smallest absolute Gasteiger partial charge is 0.495 e.